The molecular weight excluding hydrogens is 280 g/mol. The van der Waals surface area contributed by atoms with Gasteiger partial charge in [0, 0.05) is 28.5 Å². The van der Waals surface area contributed by atoms with E-state index in [9.17, 15) is 5.11 Å². The molecule has 0 atom stereocenters. The van der Waals surface area contributed by atoms with Crippen LogP contribution in [0.3, 0.4) is 0 Å². The lowest BCUT2D eigenvalue weighted by Crippen LogP contribution is -1.92. The van der Waals surface area contributed by atoms with Crippen molar-refractivity contribution in [3.63, 3.8) is 0 Å². The highest BCUT2D eigenvalue weighted by molar-refractivity contribution is 6.41. The molecule has 2 nitrogen and oxygen atoms in total. The Bertz CT molecular complexity index is 534. The molecule has 0 radical (unpaired) electrons. The number of rotatable bonds is 2. The summed E-state index contributed by atoms with van der Waals surface area (Å²) in [5.74, 6) is 0. The zero-order valence-corrected chi connectivity index (χ0v) is 10.9. The molecule has 0 amide bonds. The number of aliphatic hydroxyl groups excluding tert-OH is 1. The number of pyridine rings is 1. The van der Waals surface area contributed by atoms with Crippen molar-refractivity contribution < 1.29 is 5.11 Å². The van der Waals surface area contributed by atoms with Gasteiger partial charge in [-0.15, -0.1) is 0 Å². The van der Waals surface area contributed by atoms with Crippen molar-refractivity contribution in [2.75, 3.05) is 0 Å². The van der Waals surface area contributed by atoms with E-state index in [1.54, 1.807) is 30.6 Å². The van der Waals surface area contributed by atoms with E-state index in [2.05, 4.69) is 4.98 Å². The molecule has 0 spiro atoms. The SMILES string of the molecule is OCc1ccncc1-c1c(Cl)cc(Cl)cc1Cl. The first-order chi connectivity index (χ1) is 8.13. The van der Waals surface area contributed by atoms with Gasteiger partial charge in [0.1, 0.15) is 0 Å². The molecule has 17 heavy (non-hydrogen) atoms. The van der Waals surface area contributed by atoms with Crippen LogP contribution in [-0.2, 0) is 6.61 Å². The Morgan fingerprint density at radius 1 is 1.12 bits per heavy atom. The van der Waals surface area contributed by atoms with Gasteiger partial charge in [-0.25, -0.2) is 0 Å². The fourth-order valence-electron chi connectivity index (χ4n) is 1.59. The molecule has 5 heteroatoms. The first kappa shape index (κ1) is 12.7. The maximum atomic E-state index is 9.28. The van der Waals surface area contributed by atoms with Gasteiger partial charge in [-0.05, 0) is 23.8 Å². The van der Waals surface area contributed by atoms with Crippen LogP contribution >= 0.6 is 34.8 Å². The first-order valence-corrected chi connectivity index (χ1v) is 5.95. The van der Waals surface area contributed by atoms with Gasteiger partial charge in [0.25, 0.3) is 0 Å². The van der Waals surface area contributed by atoms with Crippen molar-refractivity contribution in [1.29, 1.82) is 0 Å². The number of aromatic nitrogens is 1. The second-order valence-electron chi connectivity index (χ2n) is 3.44. The van der Waals surface area contributed by atoms with Crippen LogP contribution in [0.25, 0.3) is 11.1 Å². The monoisotopic (exact) mass is 287 g/mol. The number of aliphatic hydroxyl groups is 1. The van der Waals surface area contributed by atoms with Crippen LogP contribution in [0, 0.1) is 0 Å². The Balaban J connectivity index is 2.68. The van der Waals surface area contributed by atoms with E-state index in [1.807, 2.05) is 0 Å². The summed E-state index contributed by atoms with van der Waals surface area (Å²) in [6.45, 7) is -0.104. The van der Waals surface area contributed by atoms with E-state index in [0.29, 0.717) is 31.8 Å². The molecule has 0 saturated heterocycles. The Morgan fingerprint density at radius 2 is 1.76 bits per heavy atom. The van der Waals surface area contributed by atoms with Crippen molar-refractivity contribution in [2.24, 2.45) is 0 Å². The average Bonchev–Trinajstić information content (AvgIpc) is 2.28. The molecule has 0 unspecified atom stereocenters. The highest BCUT2D eigenvalue weighted by Crippen LogP contribution is 2.38. The summed E-state index contributed by atoms with van der Waals surface area (Å²) in [6.07, 6.45) is 3.22. The highest BCUT2D eigenvalue weighted by Gasteiger charge is 2.13. The van der Waals surface area contributed by atoms with Crippen molar-refractivity contribution in [3.8, 4) is 11.1 Å². The summed E-state index contributed by atoms with van der Waals surface area (Å²) in [6, 6.07) is 4.94. The fraction of sp³-hybridized carbons (Fsp3) is 0.0833. The third-order valence-corrected chi connectivity index (χ3v) is 3.17. The zero-order valence-electron chi connectivity index (χ0n) is 8.62. The van der Waals surface area contributed by atoms with Gasteiger partial charge in [-0.1, -0.05) is 34.8 Å². The summed E-state index contributed by atoms with van der Waals surface area (Å²) < 4.78 is 0. The van der Waals surface area contributed by atoms with Crippen LogP contribution in [0.1, 0.15) is 5.56 Å². The van der Waals surface area contributed by atoms with Gasteiger partial charge in [0.2, 0.25) is 0 Å². The molecule has 2 rings (SSSR count). The lowest BCUT2D eigenvalue weighted by molar-refractivity contribution is 0.282. The molecule has 88 valence electrons. The topological polar surface area (TPSA) is 33.1 Å². The van der Waals surface area contributed by atoms with Crippen molar-refractivity contribution in [1.82, 2.24) is 4.98 Å². The van der Waals surface area contributed by atoms with Crippen LogP contribution in [-0.4, -0.2) is 10.1 Å². The summed E-state index contributed by atoms with van der Waals surface area (Å²) in [7, 11) is 0. The molecule has 1 aromatic carbocycles. The minimum absolute atomic E-state index is 0.104. The van der Waals surface area contributed by atoms with Crippen molar-refractivity contribution in [3.05, 3.63) is 51.2 Å². The third-order valence-electron chi connectivity index (χ3n) is 2.36. The Morgan fingerprint density at radius 3 is 2.35 bits per heavy atom. The van der Waals surface area contributed by atoms with Gasteiger partial charge >= 0.3 is 0 Å². The summed E-state index contributed by atoms with van der Waals surface area (Å²) in [5, 5.41) is 10.6. The minimum Gasteiger partial charge on any atom is -0.392 e. The van der Waals surface area contributed by atoms with Gasteiger partial charge in [-0.2, -0.15) is 0 Å². The highest BCUT2D eigenvalue weighted by atomic mass is 35.5. The number of nitrogens with zero attached hydrogens (tertiary/aromatic N) is 1. The summed E-state index contributed by atoms with van der Waals surface area (Å²) in [4.78, 5) is 4.01. The van der Waals surface area contributed by atoms with Crippen molar-refractivity contribution in [2.45, 2.75) is 6.61 Å². The largest absolute Gasteiger partial charge is 0.392 e. The van der Waals surface area contributed by atoms with Crippen LogP contribution in [0.2, 0.25) is 15.1 Å². The van der Waals surface area contributed by atoms with Crippen LogP contribution in [0.4, 0.5) is 0 Å². The molecule has 1 heterocycles. The molecule has 0 aliphatic heterocycles. The predicted octanol–water partition coefficient (Wildman–Crippen LogP) is 4.20. The molecule has 1 aromatic heterocycles. The molecule has 0 aliphatic carbocycles. The molecule has 0 bridgehead atoms. The Labute approximate surface area is 114 Å². The van der Waals surface area contributed by atoms with E-state index in [4.69, 9.17) is 34.8 Å². The molecule has 2 aromatic rings. The second kappa shape index (κ2) is 5.23. The third kappa shape index (κ3) is 2.55. The van der Waals surface area contributed by atoms with Gasteiger partial charge < -0.3 is 5.11 Å². The maximum Gasteiger partial charge on any atom is 0.0689 e. The number of benzene rings is 1. The zero-order chi connectivity index (χ0) is 12.4. The molecule has 0 fully saturated rings. The maximum absolute atomic E-state index is 9.28. The molecular formula is C12H8Cl3NO. The first-order valence-electron chi connectivity index (χ1n) is 4.82. The standard InChI is InChI=1S/C12H8Cl3NO/c13-8-3-10(14)12(11(15)4-8)9-5-16-2-1-7(9)6-17/h1-5,17H,6H2. The number of halogens is 3. The normalized spacial score (nSPS) is 10.6. The van der Waals surface area contributed by atoms with Gasteiger partial charge in [-0.3, -0.25) is 4.98 Å². The lowest BCUT2D eigenvalue weighted by Gasteiger charge is -2.11. The van der Waals surface area contributed by atoms with Crippen LogP contribution in [0.15, 0.2) is 30.6 Å². The second-order valence-corrected chi connectivity index (χ2v) is 4.69. The van der Waals surface area contributed by atoms with E-state index in [1.165, 1.54) is 0 Å². The fourth-order valence-corrected chi connectivity index (χ4v) is 2.61. The van der Waals surface area contributed by atoms with E-state index >= 15 is 0 Å². The quantitative estimate of drug-likeness (QED) is 0.898. The van der Waals surface area contributed by atoms with E-state index < -0.39 is 0 Å². The molecule has 0 saturated carbocycles. The minimum atomic E-state index is -0.104. The van der Waals surface area contributed by atoms with E-state index in [0.717, 1.165) is 0 Å². The Hall–Kier alpha value is -0.800. The average molecular weight is 289 g/mol. The summed E-state index contributed by atoms with van der Waals surface area (Å²) >= 11 is 18.1. The van der Waals surface area contributed by atoms with Crippen LogP contribution < -0.4 is 0 Å². The van der Waals surface area contributed by atoms with E-state index in [-0.39, 0.29) is 6.61 Å². The van der Waals surface area contributed by atoms with Gasteiger partial charge in [0.15, 0.2) is 0 Å². The predicted molar refractivity (Wildman–Crippen MR) is 70.6 cm³/mol. The van der Waals surface area contributed by atoms with Crippen LogP contribution in [0.5, 0.6) is 0 Å². The molecule has 0 aliphatic rings. The molecule has 1 N–H and O–H groups in total. The number of hydrogen-bond donors (Lipinski definition) is 1. The Kier molecular flexibility index (Phi) is 3.89. The summed E-state index contributed by atoms with van der Waals surface area (Å²) in [5.41, 5.74) is 2.06. The number of hydrogen-bond acceptors (Lipinski definition) is 2. The van der Waals surface area contributed by atoms with Crippen molar-refractivity contribution >= 4 is 34.8 Å². The van der Waals surface area contributed by atoms with Gasteiger partial charge in [0.05, 0.1) is 16.7 Å². The lowest BCUT2D eigenvalue weighted by atomic mass is 10.0. The smallest absolute Gasteiger partial charge is 0.0689 e.